The van der Waals surface area contributed by atoms with Crippen LogP contribution in [0.25, 0.3) is 0 Å². The molecule has 1 aromatic heterocycles. The maximum atomic E-state index is 5.99. The normalized spacial score (nSPS) is 29.8. The smallest absolute Gasteiger partial charge is 0.0492 e. The molecule has 0 aromatic carbocycles. The Labute approximate surface area is 98.0 Å². The van der Waals surface area contributed by atoms with E-state index in [0.717, 1.165) is 18.9 Å². The highest BCUT2D eigenvalue weighted by molar-refractivity contribution is 5.02. The van der Waals surface area contributed by atoms with Gasteiger partial charge in [0, 0.05) is 18.9 Å². The summed E-state index contributed by atoms with van der Waals surface area (Å²) in [5.74, 6) is 0.857. The number of rotatable bonds is 4. The molecule has 1 aliphatic rings. The van der Waals surface area contributed by atoms with Gasteiger partial charge in [0.25, 0.3) is 0 Å². The minimum absolute atomic E-state index is 0.406. The molecule has 16 heavy (non-hydrogen) atoms. The Kier molecular flexibility index (Phi) is 3.33. The van der Waals surface area contributed by atoms with Crippen LogP contribution in [0.4, 0.5) is 0 Å². The first-order chi connectivity index (χ1) is 7.65. The van der Waals surface area contributed by atoms with Crippen LogP contribution in [0.5, 0.6) is 0 Å². The maximum Gasteiger partial charge on any atom is 0.0492 e. The number of hydrogen-bond donors (Lipinski definition) is 1. The van der Waals surface area contributed by atoms with Crippen molar-refractivity contribution in [2.45, 2.75) is 39.0 Å². The second-order valence-electron chi connectivity index (χ2n) is 5.50. The van der Waals surface area contributed by atoms with Crippen LogP contribution in [0.3, 0.4) is 0 Å². The third-order valence-electron chi connectivity index (χ3n) is 4.22. The molecule has 0 saturated heterocycles. The van der Waals surface area contributed by atoms with Gasteiger partial charge in [0.15, 0.2) is 0 Å². The highest BCUT2D eigenvalue weighted by Crippen LogP contribution is 2.44. The summed E-state index contributed by atoms with van der Waals surface area (Å²) in [5, 5.41) is 4.21. The van der Waals surface area contributed by atoms with Crippen LogP contribution in [0.15, 0.2) is 12.3 Å². The van der Waals surface area contributed by atoms with Gasteiger partial charge < -0.3 is 5.73 Å². The van der Waals surface area contributed by atoms with Gasteiger partial charge in [-0.25, -0.2) is 0 Å². The number of nitrogens with zero attached hydrogens (tertiary/aromatic N) is 2. The number of nitrogens with two attached hydrogens (primary N) is 1. The van der Waals surface area contributed by atoms with Gasteiger partial charge in [0.2, 0.25) is 0 Å². The zero-order valence-corrected chi connectivity index (χ0v) is 10.4. The van der Waals surface area contributed by atoms with Gasteiger partial charge >= 0.3 is 0 Å². The lowest BCUT2D eigenvalue weighted by Gasteiger charge is -2.27. The van der Waals surface area contributed by atoms with Gasteiger partial charge in [-0.2, -0.15) is 5.10 Å². The fraction of sp³-hybridized carbons (Fsp3) is 0.769. The van der Waals surface area contributed by atoms with Crippen molar-refractivity contribution >= 4 is 0 Å². The minimum atomic E-state index is 0.406. The van der Waals surface area contributed by atoms with Crippen LogP contribution in [0, 0.1) is 11.3 Å². The fourth-order valence-electron chi connectivity index (χ4n) is 3.05. The summed E-state index contributed by atoms with van der Waals surface area (Å²) >= 11 is 0. The van der Waals surface area contributed by atoms with Gasteiger partial charge in [-0.05, 0) is 49.6 Å². The van der Waals surface area contributed by atoms with E-state index in [0.29, 0.717) is 5.41 Å². The summed E-state index contributed by atoms with van der Waals surface area (Å²) in [6.07, 6.45) is 8.17. The van der Waals surface area contributed by atoms with Crippen molar-refractivity contribution in [2.75, 3.05) is 6.54 Å². The molecule has 1 heterocycles. The molecule has 90 valence electrons. The molecule has 0 aliphatic heterocycles. The van der Waals surface area contributed by atoms with E-state index >= 15 is 0 Å². The SMILES string of the molecule is CC1CCC(CN)(CCc2ccnn2C)C1. The van der Waals surface area contributed by atoms with Crippen LogP contribution >= 0.6 is 0 Å². The summed E-state index contributed by atoms with van der Waals surface area (Å²) in [7, 11) is 2.02. The van der Waals surface area contributed by atoms with Crippen LogP contribution in [0.2, 0.25) is 0 Å². The molecule has 0 radical (unpaired) electrons. The zero-order valence-electron chi connectivity index (χ0n) is 10.4. The molecule has 1 aromatic rings. The molecule has 3 nitrogen and oxygen atoms in total. The Morgan fingerprint density at radius 3 is 2.94 bits per heavy atom. The van der Waals surface area contributed by atoms with Gasteiger partial charge in [0.1, 0.15) is 0 Å². The molecule has 0 bridgehead atoms. The highest BCUT2D eigenvalue weighted by Gasteiger charge is 2.35. The molecule has 1 fully saturated rings. The van der Waals surface area contributed by atoms with Crippen molar-refractivity contribution < 1.29 is 0 Å². The van der Waals surface area contributed by atoms with E-state index in [4.69, 9.17) is 5.73 Å². The number of aromatic nitrogens is 2. The molecule has 2 atom stereocenters. The molecular weight excluding hydrogens is 198 g/mol. The third-order valence-corrected chi connectivity index (χ3v) is 4.22. The van der Waals surface area contributed by atoms with E-state index in [1.807, 2.05) is 17.9 Å². The predicted molar refractivity (Wildman–Crippen MR) is 66.0 cm³/mol. The molecule has 1 saturated carbocycles. The number of aryl methyl sites for hydroxylation is 2. The summed E-state index contributed by atoms with van der Waals surface area (Å²) in [4.78, 5) is 0. The average molecular weight is 221 g/mol. The standard InChI is InChI=1S/C13H23N3/c1-11-3-6-13(9-11,10-14)7-4-12-5-8-15-16(12)2/h5,8,11H,3-4,6-7,9-10,14H2,1-2H3. The molecule has 3 heteroatoms. The van der Waals surface area contributed by atoms with Crippen molar-refractivity contribution in [1.29, 1.82) is 0 Å². The molecule has 2 unspecified atom stereocenters. The van der Waals surface area contributed by atoms with Crippen molar-refractivity contribution in [2.24, 2.45) is 24.1 Å². The topological polar surface area (TPSA) is 43.8 Å². The Hall–Kier alpha value is -0.830. The van der Waals surface area contributed by atoms with E-state index in [2.05, 4.69) is 18.1 Å². The lowest BCUT2D eigenvalue weighted by atomic mass is 9.80. The van der Waals surface area contributed by atoms with Crippen molar-refractivity contribution in [1.82, 2.24) is 9.78 Å². The first-order valence-electron chi connectivity index (χ1n) is 6.32. The van der Waals surface area contributed by atoms with E-state index in [1.165, 1.54) is 31.4 Å². The Morgan fingerprint density at radius 2 is 2.44 bits per heavy atom. The largest absolute Gasteiger partial charge is 0.330 e. The van der Waals surface area contributed by atoms with Crippen molar-refractivity contribution in [3.63, 3.8) is 0 Å². The molecule has 2 rings (SSSR count). The first kappa shape index (κ1) is 11.6. The Balaban J connectivity index is 1.96. The maximum absolute atomic E-state index is 5.99. The van der Waals surface area contributed by atoms with E-state index < -0.39 is 0 Å². The first-order valence-corrected chi connectivity index (χ1v) is 6.32. The Bertz CT molecular complexity index is 345. The lowest BCUT2D eigenvalue weighted by Crippen LogP contribution is -2.28. The molecule has 0 amide bonds. The van der Waals surface area contributed by atoms with Gasteiger partial charge in [-0.1, -0.05) is 13.3 Å². The third kappa shape index (κ3) is 2.29. The summed E-state index contributed by atoms with van der Waals surface area (Å²) in [6, 6.07) is 2.11. The second kappa shape index (κ2) is 4.58. The molecular formula is C13H23N3. The van der Waals surface area contributed by atoms with Crippen LogP contribution in [0.1, 0.15) is 38.3 Å². The van der Waals surface area contributed by atoms with Crippen LogP contribution in [-0.2, 0) is 13.5 Å². The van der Waals surface area contributed by atoms with Gasteiger partial charge in [-0.15, -0.1) is 0 Å². The fourth-order valence-corrected chi connectivity index (χ4v) is 3.05. The zero-order chi connectivity index (χ0) is 11.6. The van der Waals surface area contributed by atoms with Gasteiger partial charge in [-0.3, -0.25) is 4.68 Å². The van der Waals surface area contributed by atoms with Gasteiger partial charge in [0.05, 0.1) is 0 Å². The van der Waals surface area contributed by atoms with E-state index in [-0.39, 0.29) is 0 Å². The highest BCUT2D eigenvalue weighted by atomic mass is 15.2. The van der Waals surface area contributed by atoms with Crippen LogP contribution in [-0.4, -0.2) is 16.3 Å². The van der Waals surface area contributed by atoms with Crippen molar-refractivity contribution in [3.8, 4) is 0 Å². The summed E-state index contributed by atoms with van der Waals surface area (Å²) in [5.41, 5.74) is 7.72. The van der Waals surface area contributed by atoms with Crippen LogP contribution < -0.4 is 5.73 Å². The monoisotopic (exact) mass is 221 g/mol. The van der Waals surface area contributed by atoms with Crippen molar-refractivity contribution in [3.05, 3.63) is 18.0 Å². The number of hydrogen-bond acceptors (Lipinski definition) is 2. The molecule has 2 N–H and O–H groups in total. The predicted octanol–water partition coefficient (Wildman–Crippen LogP) is 2.12. The summed E-state index contributed by atoms with van der Waals surface area (Å²) in [6.45, 7) is 3.19. The quantitative estimate of drug-likeness (QED) is 0.846. The molecule has 1 aliphatic carbocycles. The lowest BCUT2D eigenvalue weighted by molar-refractivity contribution is 0.271. The van der Waals surface area contributed by atoms with E-state index in [9.17, 15) is 0 Å². The minimum Gasteiger partial charge on any atom is -0.330 e. The molecule has 0 spiro atoms. The summed E-state index contributed by atoms with van der Waals surface area (Å²) < 4.78 is 1.97. The van der Waals surface area contributed by atoms with E-state index in [1.54, 1.807) is 0 Å². The average Bonchev–Trinajstić information content (AvgIpc) is 2.83. The Morgan fingerprint density at radius 1 is 1.62 bits per heavy atom. The second-order valence-corrected chi connectivity index (χ2v) is 5.50.